The third kappa shape index (κ3) is 2.24. The minimum atomic E-state index is 0.844. The van der Waals surface area contributed by atoms with Gasteiger partial charge in [-0.1, -0.05) is 34.1 Å². The number of imidazole rings is 1. The molecule has 0 saturated heterocycles. The Morgan fingerprint density at radius 1 is 1.16 bits per heavy atom. The summed E-state index contributed by atoms with van der Waals surface area (Å²) in [5, 5.41) is 3.35. The summed E-state index contributed by atoms with van der Waals surface area (Å²) in [4.78, 5) is 4.60. The van der Waals surface area contributed by atoms with Crippen molar-refractivity contribution in [1.82, 2.24) is 9.55 Å². The lowest BCUT2D eigenvalue weighted by Gasteiger charge is -2.07. The molecule has 0 amide bonds. The second kappa shape index (κ2) is 4.70. The second-order valence-electron chi connectivity index (χ2n) is 4.57. The van der Waals surface area contributed by atoms with Crippen LogP contribution in [0.2, 0.25) is 0 Å². The maximum Gasteiger partial charge on any atom is 0.208 e. The Bertz CT molecular complexity index is 746. The Kier molecular flexibility index (Phi) is 3.03. The first-order valence-electron chi connectivity index (χ1n) is 6.10. The molecule has 0 saturated carbocycles. The van der Waals surface area contributed by atoms with Gasteiger partial charge in [-0.3, -0.25) is 0 Å². The monoisotopic (exact) mass is 315 g/mol. The van der Waals surface area contributed by atoms with E-state index in [9.17, 15) is 0 Å². The lowest BCUT2D eigenvalue weighted by atomic mass is 10.2. The highest BCUT2D eigenvalue weighted by molar-refractivity contribution is 9.10. The van der Waals surface area contributed by atoms with Crippen LogP contribution in [0.3, 0.4) is 0 Å². The number of rotatable bonds is 2. The molecule has 0 aliphatic carbocycles. The van der Waals surface area contributed by atoms with Crippen LogP contribution in [0.5, 0.6) is 0 Å². The smallest absolute Gasteiger partial charge is 0.208 e. The number of aryl methyl sites for hydroxylation is 2. The summed E-state index contributed by atoms with van der Waals surface area (Å²) in [5.74, 6) is 0.844. The predicted molar refractivity (Wildman–Crippen MR) is 82.9 cm³/mol. The fraction of sp³-hybridized carbons (Fsp3) is 0.133. The van der Waals surface area contributed by atoms with Gasteiger partial charge in [0.1, 0.15) is 0 Å². The third-order valence-corrected chi connectivity index (χ3v) is 4.07. The van der Waals surface area contributed by atoms with Crippen molar-refractivity contribution >= 4 is 38.6 Å². The molecule has 2 aromatic carbocycles. The van der Waals surface area contributed by atoms with Crippen molar-refractivity contribution in [3.8, 4) is 0 Å². The van der Waals surface area contributed by atoms with Gasteiger partial charge in [0.15, 0.2) is 0 Å². The molecule has 0 unspecified atom stereocenters. The van der Waals surface area contributed by atoms with E-state index in [1.165, 1.54) is 5.56 Å². The van der Waals surface area contributed by atoms with Crippen LogP contribution in [0.1, 0.15) is 5.56 Å². The van der Waals surface area contributed by atoms with Crippen molar-refractivity contribution in [2.45, 2.75) is 6.92 Å². The van der Waals surface area contributed by atoms with E-state index in [1.54, 1.807) is 0 Å². The first-order valence-corrected chi connectivity index (χ1v) is 6.89. The molecule has 3 aromatic rings. The second-order valence-corrected chi connectivity index (χ2v) is 5.43. The number of nitrogens with one attached hydrogen (secondary N) is 1. The summed E-state index contributed by atoms with van der Waals surface area (Å²) in [6, 6.07) is 14.3. The van der Waals surface area contributed by atoms with Crippen molar-refractivity contribution in [2.24, 2.45) is 7.05 Å². The van der Waals surface area contributed by atoms with E-state index >= 15 is 0 Å². The maximum absolute atomic E-state index is 4.60. The Hall–Kier alpha value is -1.81. The average molecular weight is 316 g/mol. The number of nitrogens with zero attached hydrogens (tertiary/aromatic N) is 2. The standard InChI is InChI=1S/C15H14BrN3/c1-10-7-8-11(9-12(10)16)17-15-18-13-5-3-4-6-14(13)19(15)2/h3-9H,1-2H3,(H,17,18). The topological polar surface area (TPSA) is 29.9 Å². The molecule has 0 atom stereocenters. The molecule has 96 valence electrons. The third-order valence-electron chi connectivity index (χ3n) is 3.22. The van der Waals surface area contributed by atoms with Gasteiger partial charge in [-0.2, -0.15) is 0 Å². The van der Waals surface area contributed by atoms with Gasteiger partial charge in [0.2, 0.25) is 5.95 Å². The Balaban J connectivity index is 2.01. The quantitative estimate of drug-likeness (QED) is 0.760. The highest BCUT2D eigenvalue weighted by Crippen LogP contribution is 2.25. The van der Waals surface area contributed by atoms with Crippen LogP contribution in [-0.2, 0) is 7.05 Å². The summed E-state index contributed by atoms with van der Waals surface area (Å²) in [6.07, 6.45) is 0. The first-order chi connectivity index (χ1) is 9.15. The van der Waals surface area contributed by atoms with Gasteiger partial charge in [-0.25, -0.2) is 4.98 Å². The van der Waals surface area contributed by atoms with Gasteiger partial charge in [0.25, 0.3) is 0 Å². The van der Waals surface area contributed by atoms with E-state index in [1.807, 2.05) is 25.2 Å². The number of para-hydroxylation sites is 2. The van der Waals surface area contributed by atoms with Crippen LogP contribution < -0.4 is 5.32 Å². The molecule has 3 rings (SSSR count). The van der Waals surface area contributed by atoms with Crippen molar-refractivity contribution in [3.63, 3.8) is 0 Å². The number of fused-ring (bicyclic) bond motifs is 1. The zero-order chi connectivity index (χ0) is 13.4. The van der Waals surface area contributed by atoms with E-state index in [4.69, 9.17) is 0 Å². The normalized spacial score (nSPS) is 10.9. The predicted octanol–water partition coefficient (Wildman–Crippen LogP) is 4.39. The van der Waals surface area contributed by atoms with E-state index in [-0.39, 0.29) is 0 Å². The average Bonchev–Trinajstić information content (AvgIpc) is 2.72. The summed E-state index contributed by atoms with van der Waals surface area (Å²) in [7, 11) is 2.01. The fourth-order valence-corrected chi connectivity index (χ4v) is 2.44. The number of aromatic nitrogens is 2. The summed E-state index contributed by atoms with van der Waals surface area (Å²) in [5.41, 5.74) is 4.36. The van der Waals surface area contributed by atoms with E-state index in [0.29, 0.717) is 0 Å². The van der Waals surface area contributed by atoms with Gasteiger partial charge in [-0.15, -0.1) is 0 Å². The molecule has 1 heterocycles. The Labute approximate surface area is 120 Å². The van der Waals surface area contributed by atoms with Crippen LogP contribution >= 0.6 is 15.9 Å². The molecule has 0 aliphatic rings. The van der Waals surface area contributed by atoms with E-state index < -0.39 is 0 Å². The molecule has 0 spiro atoms. The largest absolute Gasteiger partial charge is 0.326 e. The zero-order valence-electron chi connectivity index (χ0n) is 10.8. The lowest BCUT2D eigenvalue weighted by molar-refractivity contribution is 0.958. The zero-order valence-corrected chi connectivity index (χ0v) is 12.4. The molecule has 0 aliphatic heterocycles. The number of anilines is 2. The minimum absolute atomic E-state index is 0.844. The van der Waals surface area contributed by atoms with Crippen molar-refractivity contribution in [2.75, 3.05) is 5.32 Å². The van der Waals surface area contributed by atoms with Gasteiger partial charge in [0, 0.05) is 17.2 Å². The molecule has 1 N–H and O–H groups in total. The molecular weight excluding hydrogens is 302 g/mol. The maximum atomic E-state index is 4.60. The molecule has 1 aromatic heterocycles. The highest BCUT2D eigenvalue weighted by atomic mass is 79.9. The summed E-state index contributed by atoms with van der Waals surface area (Å²) < 4.78 is 3.15. The summed E-state index contributed by atoms with van der Waals surface area (Å²) >= 11 is 3.55. The fourth-order valence-electron chi connectivity index (χ4n) is 2.06. The number of hydrogen-bond acceptors (Lipinski definition) is 2. The van der Waals surface area contributed by atoms with Crippen molar-refractivity contribution in [3.05, 3.63) is 52.5 Å². The van der Waals surface area contributed by atoms with Crippen LogP contribution in [-0.4, -0.2) is 9.55 Å². The molecule has 0 bridgehead atoms. The lowest BCUT2D eigenvalue weighted by Crippen LogP contribution is -1.99. The minimum Gasteiger partial charge on any atom is -0.326 e. The van der Waals surface area contributed by atoms with E-state index in [0.717, 1.165) is 27.1 Å². The Morgan fingerprint density at radius 2 is 1.95 bits per heavy atom. The SMILES string of the molecule is Cc1ccc(Nc2nc3ccccc3n2C)cc1Br. The van der Waals surface area contributed by atoms with Crippen molar-refractivity contribution in [1.29, 1.82) is 0 Å². The van der Waals surface area contributed by atoms with Gasteiger partial charge >= 0.3 is 0 Å². The number of benzene rings is 2. The molecule has 3 nitrogen and oxygen atoms in total. The summed E-state index contributed by atoms with van der Waals surface area (Å²) in [6.45, 7) is 2.07. The van der Waals surface area contributed by atoms with Crippen LogP contribution in [0.25, 0.3) is 11.0 Å². The molecule has 19 heavy (non-hydrogen) atoms. The molecular formula is C15H14BrN3. The van der Waals surface area contributed by atoms with Crippen LogP contribution in [0.4, 0.5) is 11.6 Å². The van der Waals surface area contributed by atoms with Gasteiger partial charge in [-0.05, 0) is 36.8 Å². The molecule has 0 radical (unpaired) electrons. The van der Waals surface area contributed by atoms with Crippen LogP contribution in [0, 0.1) is 6.92 Å². The number of hydrogen-bond donors (Lipinski definition) is 1. The molecule has 0 fully saturated rings. The first kappa shape index (κ1) is 12.2. The van der Waals surface area contributed by atoms with Crippen LogP contribution in [0.15, 0.2) is 46.9 Å². The highest BCUT2D eigenvalue weighted by Gasteiger charge is 2.07. The number of halogens is 1. The van der Waals surface area contributed by atoms with Gasteiger partial charge in [0.05, 0.1) is 11.0 Å². The van der Waals surface area contributed by atoms with Crippen molar-refractivity contribution < 1.29 is 0 Å². The van der Waals surface area contributed by atoms with E-state index in [2.05, 4.69) is 62.0 Å². The van der Waals surface area contributed by atoms with Gasteiger partial charge < -0.3 is 9.88 Å². The molecule has 4 heteroatoms. The Morgan fingerprint density at radius 3 is 2.68 bits per heavy atom.